The van der Waals surface area contributed by atoms with E-state index in [9.17, 15) is 0 Å². The normalized spacial score (nSPS) is 16.8. The molecule has 0 N–H and O–H groups in total. The average molecular weight is 371 g/mol. The molecule has 1 fully saturated rings. The van der Waals surface area contributed by atoms with Gasteiger partial charge in [0.1, 0.15) is 11.4 Å². The fourth-order valence-corrected chi connectivity index (χ4v) is 3.16. The van der Waals surface area contributed by atoms with Gasteiger partial charge in [-0.1, -0.05) is 28.9 Å². The molecule has 0 aliphatic carbocycles. The summed E-state index contributed by atoms with van der Waals surface area (Å²) in [4.78, 5) is 2.18. The number of halogens is 1. The molecule has 0 spiro atoms. The van der Waals surface area contributed by atoms with E-state index in [0.717, 1.165) is 34.3 Å². The highest BCUT2D eigenvalue weighted by molar-refractivity contribution is 6.30. The van der Waals surface area contributed by atoms with Crippen molar-refractivity contribution in [1.29, 1.82) is 0 Å². The highest BCUT2D eigenvalue weighted by Gasteiger charge is 2.29. The minimum absolute atomic E-state index is 0.234. The molecule has 2 aromatic carbocycles. The molecule has 1 aliphatic heterocycles. The van der Waals surface area contributed by atoms with Gasteiger partial charge in [0.05, 0.1) is 26.5 Å². The van der Waals surface area contributed by atoms with Gasteiger partial charge >= 0.3 is 0 Å². The Labute approximate surface area is 156 Å². The third-order valence-electron chi connectivity index (χ3n) is 4.36. The largest absolute Gasteiger partial charge is 0.497 e. The van der Waals surface area contributed by atoms with Crippen molar-refractivity contribution >= 4 is 17.3 Å². The van der Waals surface area contributed by atoms with Crippen LogP contribution in [0.3, 0.4) is 0 Å². The lowest BCUT2D eigenvalue weighted by atomic mass is 10.2. The van der Waals surface area contributed by atoms with Crippen molar-refractivity contribution in [3.63, 3.8) is 0 Å². The van der Waals surface area contributed by atoms with Gasteiger partial charge in [-0.25, -0.2) is 4.68 Å². The van der Waals surface area contributed by atoms with Gasteiger partial charge in [-0.2, -0.15) is 0 Å². The summed E-state index contributed by atoms with van der Waals surface area (Å²) in [7, 11) is 1.66. The first kappa shape index (κ1) is 16.9. The summed E-state index contributed by atoms with van der Waals surface area (Å²) >= 11 is 5.93. The van der Waals surface area contributed by atoms with E-state index in [0.29, 0.717) is 13.2 Å². The van der Waals surface area contributed by atoms with Gasteiger partial charge < -0.3 is 14.4 Å². The molecule has 1 aliphatic rings. The summed E-state index contributed by atoms with van der Waals surface area (Å²) in [6.45, 7) is 2.10. The van der Waals surface area contributed by atoms with Crippen molar-refractivity contribution in [2.75, 3.05) is 25.2 Å². The SMILES string of the molecule is COc1ccc(N2CCO[C@@H]2c2cn(Cc3ccc(Cl)cc3)nn2)cc1. The summed E-state index contributed by atoms with van der Waals surface area (Å²) in [5, 5.41) is 9.28. The Morgan fingerprint density at radius 2 is 1.92 bits per heavy atom. The van der Waals surface area contributed by atoms with E-state index in [1.165, 1.54) is 0 Å². The van der Waals surface area contributed by atoms with E-state index >= 15 is 0 Å². The van der Waals surface area contributed by atoms with E-state index < -0.39 is 0 Å². The molecule has 0 amide bonds. The molecule has 0 saturated carbocycles. The van der Waals surface area contributed by atoms with Gasteiger partial charge in [-0.15, -0.1) is 5.10 Å². The number of aromatic nitrogens is 3. The molecule has 6 nitrogen and oxygen atoms in total. The Kier molecular flexibility index (Phi) is 4.77. The van der Waals surface area contributed by atoms with Crippen molar-refractivity contribution in [1.82, 2.24) is 15.0 Å². The van der Waals surface area contributed by atoms with E-state index in [-0.39, 0.29) is 6.23 Å². The van der Waals surface area contributed by atoms with Gasteiger partial charge in [0, 0.05) is 17.3 Å². The minimum Gasteiger partial charge on any atom is -0.497 e. The molecule has 134 valence electrons. The molecule has 26 heavy (non-hydrogen) atoms. The Morgan fingerprint density at radius 3 is 2.65 bits per heavy atom. The van der Waals surface area contributed by atoms with Gasteiger partial charge in [0.25, 0.3) is 0 Å². The Morgan fingerprint density at radius 1 is 1.15 bits per heavy atom. The van der Waals surface area contributed by atoms with Crippen LogP contribution in [0.1, 0.15) is 17.5 Å². The maximum atomic E-state index is 5.93. The van der Waals surface area contributed by atoms with Gasteiger partial charge in [-0.05, 0) is 42.0 Å². The van der Waals surface area contributed by atoms with Crippen LogP contribution in [0.4, 0.5) is 5.69 Å². The molecular formula is C19H19ClN4O2. The first-order chi connectivity index (χ1) is 12.7. The van der Waals surface area contributed by atoms with Gasteiger partial charge in [0.15, 0.2) is 6.23 Å². The topological polar surface area (TPSA) is 52.4 Å². The molecule has 1 aromatic heterocycles. The van der Waals surface area contributed by atoms with Crippen LogP contribution in [0.5, 0.6) is 5.75 Å². The van der Waals surface area contributed by atoms with Crippen molar-refractivity contribution in [3.05, 3.63) is 71.0 Å². The fraction of sp³-hybridized carbons (Fsp3) is 0.263. The summed E-state index contributed by atoms with van der Waals surface area (Å²) in [6, 6.07) is 15.7. The number of nitrogens with zero attached hydrogens (tertiary/aromatic N) is 4. The lowest BCUT2D eigenvalue weighted by molar-refractivity contribution is 0.110. The van der Waals surface area contributed by atoms with Crippen LogP contribution in [-0.4, -0.2) is 35.3 Å². The van der Waals surface area contributed by atoms with Crippen molar-refractivity contribution in [2.24, 2.45) is 0 Å². The highest BCUT2D eigenvalue weighted by Crippen LogP contribution is 2.32. The third-order valence-corrected chi connectivity index (χ3v) is 4.61. The van der Waals surface area contributed by atoms with Crippen LogP contribution in [0.25, 0.3) is 0 Å². The van der Waals surface area contributed by atoms with Crippen molar-refractivity contribution in [2.45, 2.75) is 12.8 Å². The molecular weight excluding hydrogens is 352 g/mol. The highest BCUT2D eigenvalue weighted by atomic mass is 35.5. The predicted molar refractivity (Wildman–Crippen MR) is 99.6 cm³/mol. The molecule has 0 unspecified atom stereocenters. The third kappa shape index (κ3) is 3.52. The van der Waals surface area contributed by atoms with Crippen molar-refractivity contribution in [3.8, 4) is 5.75 Å². The number of ether oxygens (including phenoxy) is 2. The van der Waals surface area contributed by atoms with Gasteiger partial charge in [0.2, 0.25) is 0 Å². The molecule has 4 rings (SSSR count). The maximum Gasteiger partial charge on any atom is 0.177 e. The predicted octanol–water partition coefficient (Wildman–Crippen LogP) is 3.52. The van der Waals surface area contributed by atoms with Crippen molar-refractivity contribution < 1.29 is 9.47 Å². The molecule has 0 bridgehead atoms. The zero-order chi connectivity index (χ0) is 17.9. The second-order valence-corrected chi connectivity index (χ2v) is 6.52. The monoisotopic (exact) mass is 370 g/mol. The van der Waals surface area contributed by atoms with Crippen LogP contribution < -0.4 is 9.64 Å². The summed E-state index contributed by atoms with van der Waals surface area (Å²) in [5.74, 6) is 0.833. The zero-order valence-electron chi connectivity index (χ0n) is 14.4. The maximum absolute atomic E-state index is 5.93. The number of hydrogen-bond donors (Lipinski definition) is 0. The summed E-state index contributed by atoms with van der Waals surface area (Å²) < 4.78 is 12.9. The zero-order valence-corrected chi connectivity index (χ0v) is 15.1. The number of methoxy groups -OCH3 is 1. The number of benzene rings is 2. The second-order valence-electron chi connectivity index (χ2n) is 6.08. The first-order valence-electron chi connectivity index (χ1n) is 8.40. The Hall–Kier alpha value is -2.57. The first-order valence-corrected chi connectivity index (χ1v) is 8.77. The number of anilines is 1. The van der Waals surface area contributed by atoms with Crippen LogP contribution in [-0.2, 0) is 11.3 Å². The molecule has 1 atom stereocenters. The quantitative estimate of drug-likeness (QED) is 0.687. The number of rotatable bonds is 5. The van der Waals surface area contributed by atoms with Gasteiger partial charge in [-0.3, -0.25) is 0 Å². The van der Waals surface area contributed by atoms with Crippen LogP contribution >= 0.6 is 11.6 Å². The lowest BCUT2D eigenvalue weighted by Gasteiger charge is -2.23. The summed E-state index contributed by atoms with van der Waals surface area (Å²) in [5.41, 5.74) is 2.98. The minimum atomic E-state index is -0.234. The van der Waals surface area contributed by atoms with E-state index in [2.05, 4.69) is 15.2 Å². The fourth-order valence-electron chi connectivity index (χ4n) is 3.03. The van der Waals surface area contributed by atoms with Crippen LogP contribution in [0, 0.1) is 0 Å². The smallest absolute Gasteiger partial charge is 0.177 e. The van der Waals surface area contributed by atoms with E-state index in [1.54, 1.807) is 7.11 Å². The van der Waals surface area contributed by atoms with Crippen LogP contribution in [0.15, 0.2) is 54.7 Å². The second kappa shape index (κ2) is 7.35. The molecule has 1 saturated heterocycles. The molecule has 7 heteroatoms. The average Bonchev–Trinajstić information content (AvgIpc) is 3.33. The summed E-state index contributed by atoms with van der Waals surface area (Å²) in [6.07, 6.45) is 1.70. The van der Waals surface area contributed by atoms with E-state index in [4.69, 9.17) is 21.1 Å². The Bertz CT molecular complexity index is 864. The Balaban J connectivity index is 1.51. The van der Waals surface area contributed by atoms with Crippen LogP contribution in [0.2, 0.25) is 5.02 Å². The number of hydrogen-bond acceptors (Lipinski definition) is 5. The molecule has 3 aromatic rings. The lowest BCUT2D eigenvalue weighted by Crippen LogP contribution is -2.23. The molecule has 2 heterocycles. The van der Waals surface area contributed by atoms with E-state index in [1.807, 2.05) is 59.4 Å². The standard InChI is InChI=1S/C19H19ClN4O2/c1-25-17-8-6-16(7-9-17)24-10-11-26-19(24)18-13-23(22-21-18)12-14-2-4-15(20)5-3-14/h2-9,13,19H,10-12H2,1H3/t19-/m1/s1. The molecule has 0 radical (unpaired) electrons.